The molecule has 0 bridgehead atoms. The van der Waals surface area contributed by atoms with Crippen LogP contribution in [0.3, 0.4) is 0 Å². The van der Waals surface area contributed by atoms with Crippen LogP contribution < -0.4 is 4.74 Å². The van der Waals surface area contributed by atoms with Crippen molar-refractivity contribution in [2.24, 2.45) is 5.92 Å². The predicted octanol–water partition coefficient (Wildman–Crippen LogP) is 1.76. The van der Waals surface area contributed by atoms with E-state index in [1.165, 1.54) is 6.92 Å². The molecule has 2 rings (SSSR count). The highest BCUT2D eigenvalue weighted by atomic mass is 35.5. The van der Waals surface area contributed by atoms with Crippen molar-refractivity contribution in [3.05, 3.63) is 21.1 Å². The van der Waals surface area contributed by atoms with Gasteiger partial charge in [-0.25, -0.2) is 4.98 Å². The van der Waals surface area contributed by atoms with Crippen molar-refractivity contribution in [1.82, 2.24) is 9.97 Å². The maximum Gasteiger partial charge on any atom is 0.352 e. The number of nitrogens with zero attached hydrogens (tertiary/aromatic N) is 3. The number of ether oxygens (including phenoxy) is 2. The molecule has 8 heteroatoms. The number of aryl methyl sites for hydroxylation is 1. The van der Waals surface area contributed by atoms with Crippen molar-refractivity contribution in [2.75, 3.05) is 19.8 Å². The van der Waals surface area contributed by atoms with Gasteiger partial charge in [-0.2, -0.15) is 4.98 Å². The van der Waals surface area contributed by atoms with Gasteiger partial charge in [-0.3, -0.25) is 10.1 Å². The second kappa shape index (κ2) is 5.45. The zero-order chi connectivity index (χ0) is 13.1. The number of rotatable bonds is 4. The molecular weight excluding hydrogens is 262 g/mol. The van der Waals surface area contributed by atoms with Crippen molar-refractivity contribution in [1.29, 1.82) is 0 Å². The molecule has 2 heterocycles. The van der Waals surface area contributed by atoms with Gasteiger partial charge < -0.3 is 9.47 Å². The molecule has 18 heavy (non-hydrogen) atoms. The van der Waals surface area contributed by atoms with Crippen molar-refractivity contribution < 1.29 is 14.4 Å². The summed E-state index contributed by atoms with van der Waals surface area (Å²) < 4.78 is 10.6. The molecule has 0 N–H and O–H groups in total. The Morgan fingerprint density at radius 2 is 2.39 bits per heavy atom. The highest BCUT2D eigenvalue weighted by Gasteiger charge is 2.25. The molecule has 1 aromatic heterocycles. The molecule has 1 saturated heterocycles. The molecule has 1 unspecified atom stereocenters. The molecule has 0 spiro atoms. The zero-order valence-electron chi connectivity index (χ0n) is 9.76. The van der Waals surface area contributed by atoms with Gasteiger partial charge in [-0.1, -0.05) is 0 Å². The quantitative estimate of drug-likeness (QED) is 0.472. The maximum absolute atomic E-state index is 10.9. The predicted molar refractivity (Wildman–Crippen MR) is 62.9 cm³/mol. The molecular formula is C10H12ClN3O4. The number of nitro groups is 1. The van der Waals surface area contributed by atoms with E-state index in [1.54, 1.807) is 0 Å². The van der Waals surface area contributed by atoms with Crippen LogP contribution in [0.5, 0.6) is 5.88 Å². The molecule has 0 aliphatic carbocycles. The lowest BCUT2D eigenvalue weighted by molar-refractivity contribution is -0.387. The molecule has 1 aliphatic rings. The Kier molecular flexibility index (Phi) is 3.93. The van der Waals surface area contributed by atoms with E-state index in [0.717, 1.165) is 6.42 Å². The summed E-state index contributed by atoms with van der Waals surface area (Å²) in [6.07, 6.45) is 0.881. The second-order valence-corrected chi connectivity index (χ2v) is 4.37. The van der Waals surface area contributed by atoms with E-state index < -0.39 is 4.92 Å². The van der Waals surface area contributed by atoms with E-state index >= 15 is 0 Å². The van der Waals surface area contributed by atoms with E-state index in [9.17, 15) is 10.1 Å². The van der Waals surface area contributed by atoms with Crippen LogP contribution in [-0.4, -0.2) is 34.7 Å². The Balaban J connectivity index is 2.16. The van der Waals surface area contributed by atoms with Gasteiger partial charge in [0, 0.05) is 12.5 Å². The van der Waals surface area contributed by atoms with Crippen LogP contribution in [0.2, 0.25) is 5.28 Å². The van der Waals surface area contributed by atoms with Gasteiger partial charge in [0.05, 0.1) is 18.1 Å². The largest absolute Gasteiger partial charge is 0.472 e. The summed E-state index contributed by atoms with van der Waals surface area (Å²) in [5.74, 6) is 0.156. The number of hydrogen-bond donors (Lipinski definition) is 0. The summed E-state index contributed by atoms with van der Waals surface area (Å²) in [5.41, 5.74) is -0.0454. The first-order chi connectivity index (χ1) is 8.58. The fraction of sp³-hybridized carbons (Fsp3) is 0.600. The topological polar surface area (TPSA) is 87.4 Å². The third-order valence-electron chi connectivity index (χ3n) is 2.66. The van der Waals surface area contributed by atoms with E-state index in [4.69, 9.17) is 21.1 Å². The monoisotopic (exact) mass is 273 g/mol. The third kappa shape index (κ3) is 2.85. The molecule has 1 aromatic rings. The van der Waals surface area contributed by atoms with Crippen molar-refractivity contribution in [3.63, 3.8) is 0 Å². The summed E-state index contributed by atoms with van der Waals surface area (Å²) in [6, 6.07) is 0. The fourth-order valence-corrected chi connectivity index (χ4v) is 1.93. The van der Waals surface area contributed by atoms with Crippen LogP contribution in [0.4, 0.5) is 5.69 Å². The molecule has 0 aromatic carbocycles. The Bertz CT molecular complexity index is 463. The average Bonchev–Trinajstić information content (AvgIpc) is 2.77. The zero-order valence-corrected chi connectivity index (χ0v) is 10.5. The molecule has 1 atom stereocenters. The van der Waals surface area contributed by atoms with Crippen molar-refractivity contribution in [3.8, 4) is 5.88 Å². The Hall–Kier alpha value is -1.47. The fourth-order valence-electron chi connectivity index (χ4n) is 1.73. The van der Waals surface area contributed by atoms with Crippen molar-refractivity contribution in [2.45, 2.75) is 13.3 Å². The first-order valence-corrected chi connectivity index (χ1v) is 5.85. The molecule has 1 aliphatic heterocycles. The lowest BCUT2D eigenvalue weighted by Crippen LogP contribution is -2.14. The lowest BCUT2D eigenvalue weighted by Gasteiger charge is -2.10. The van der Waals surface area contributed by atoms with Gasteiger partial charge in [-0.15, -0.1) is 0 Å². The van der Waals surface area contributed by atoms with Gasteiger partial charge in [0.1, 0.15) is 5.69 Å². The highest BCUT2D eigenvalue weighted by Crippen LogP contribution is 2.29. The van der Waals surface area contributed by atoms with Crippen LogP contribution in [0.1, 0.15) is 12.1 Å². The van der Waals surface area contributed by atoms with E-state index in [1.807, 2.05) is 0 Å². The Morgan fingerprint density at radius 1 is 1.61 bits per heavy atom. The molecule has 1 fully saturated rings. The second-order valence-electron chi connectivity index (χ2n) is 4.03. The molecule has 7 nitrogen and oxygen atoms in total. The van der Waals surface area contributed by atoms with Crippen molar-refractivity contribution >= 4 is 17.3 Å². The minimum Gasteiger partial charge on any atom is -0.472 e. The first kappa shape index (κ1) is 13.0. The standard InChI is InChI=1S/C10H12ClN3O4/c1-6-8(14(15)16)9(13-10(11)12-6)18-5-7-2-3-17-4-7/h7H,2-5H2,1H3. The Labute approximate surface area is 108 Å². The first-order valence-electron chi connectivity index (χ1n) is 5.47. The van der Waals surface area contributed by atoms with Crippen LogP contribution in [0, 0.1) is 23.0 Å². The van der Waals surface area contributed by atoms with Gasteiger partial charge in [0.2, 0.25) is 5.28 Å². The van der Waals surface area contributed by atoms with Crippen LogP contribution in [0.15, 0.2) is 0 Å². The lowest BCUT2D eigenvalue weighted by atomic mass is 10.1. The van der Waals surface area contributed by atoms with Gasteiger partial charge >= 0.3 is 5.69 Å². The minimum atomic E-state index is -0.563. The van der Waals surface area contributed by atoms with E-state index in [0.29, 0.717) is 19.8 Å². The minimum absolute atomic E-state index is 0.0595. The average molecular weight is 274 g/mol. The van der Waals surface area contributed by atoms with E-state index in [-0.39, 0.29) is 28.5 Å². The smallest absolute Gasteiger partial charge is 0.352 e. The van der Waals surface area contributed by atoms with Gasteiger partial charge in [0.15, 0.2) is 0 Å². The molecule has 0 amide bonds. The summed E-state index contributed by atoms with van der Waals surface area (Å²) in [7, 11) is 0. The summed E-state index contributed by atoms with van der Waals surface area (Å²) in [4.78, 5) is 17.9. The van der Waals surface area contributed by atoms with Gasteiger partial charge in [0.25, 0.3) is 5.88 Å². The van der Waals surface area contributed by atoms with Crippen LogP contribution in [0.25, 0.3) is 0 Å². The maximum atomic E-state index is 10.9. The van der Waals surface area contributed by atoms with Crippen LogP contribution in [-0.2, 0) is 4.74 Å². The highest BCUT2D eigenvalue weighted by molar-refractivity contribution is 6.28. The van der Waals surface area contributed by atoms with Crippen LogP contribution >= 0.6 is 11.6 Å². The summed E-state index contributed by atoms with van der Waals surface area (Å²) >= 11 is 5.67. The molecule has 0 radical (unpaired) electrons. The van der Waals surface area contributed by atoms with E-state index in [2.05, 4.69) is 9.97 Å². The third-order valence-corrected chi connectivity index (χ3v) is 2.83. The summed E-state index contributed by atoms with van der Waals surface area (Å²) in [6.45, 7) is 3.12. The number of aromatic nitrogens is 2. The number of hydrogen-bond acceptors (Lipinski definition) is 6. The van der Waals surface area contributed by atoms with Gasteiger partial charge in [-0.05, 0) is 24.9 Å². The summed E-state index contributed by atoms with van der Waals surface area (Å²) in [5, 5.41) is 10.9. The molecule has 98 valence electrons. The number of halogens is 1. The normalized spacial score (nSPS) is 18.9. The molecule has 0 saturated carbocycles. The SMILES string of the molecule is Cc1nc(Cl)nc(OCC2CCOC2)c1[N+](=O)[O-]. The Morgan fingerprint density at radius 3 is 3.00 bits per heavy atom.